The van der Waals surface area contributed by atoms with Gasteiger partial charge in [-0.15, -0.1) is 0 Å². The van der Waals surface area contributed by atoms with Crippen molar-refractivity contribution < 1.29 is 0 Å². The summed E-state index contributed by atoms with van der Waals surface area (Å²) < 4.78 is 0. The summed E-state index contributed by atoms with van der Waals surface area (Å²) in [5, 5.41) is 7.70. The van der Waals surface area contributed by atoms with Crippen LogP contribution in [-0.4, -0.2) is 12.0 Å². The Balaban J connectivity index is 1.14. The molecule has 0 radical (unpaired) electrons. The summed E-state index contributed by atoms with van der Waals surface area (Å²) in [5.41, 5.74) is 10.7. The Morgan fingerprint density at radius 3 is 2.64 bits per heavy atom. The van der Waals surface area contributed by atoms with Gasteiger partial charge in [0.2, 0.25) is 0 Å². The van der Waals surface area contributed by atoms with Crippen molar-refractivity contribution >= 4 is 5.84 Å². The van der Waals surface area contributed by atoms with Crippen LogP contribution < -0.4 is 10.6 Å². The molecule has 0 bridgehead atoms. The molecule has 3 nitrogen and oxygen atoms in total. The van der Waals surface area contributed by atoms with E-state index in [4.69, 9.17) is 4.99 Å². The van der Waals surface area contributed by atoms with Crippen LogP contribution in [0.4, 0.5) is 0 Å². The van der Waals surface area contributed by atoms with Crippen LogP contribution in [0, 0.1) is 29.1 Å². The lowest BCUT2D eigenvalue weighted by molar-refractivity contribution is 0.354. The number of fused-ring (bicyclic) bond motifs is 2. The molecule has 230 valence electrons. The van der Waals surface area contributed by atoms with E-state index in [9.17, 15) is 0 Å². The highest BCUT2D eigenvalue weighted by Crippen LogP contribution is 2.56. The lowest BCUT2D eigenvalue weighted by Gasteiger charge is -2.40. The van der Waals surface area contributed by atoms with Crippen LogP contribution in [0.5, 0.6) is 0 Å². The molecule has 7 aliphatic rings. The number of nitrogens with zero attached hydrogens (tertiary/aromatic N) is 1. The Morgan fingerprint density at radius 2 is 1.82 bits per heavy atom. The van der Waals surface area contributed by atoms with E-state index in [1.54, 1.807) is 16.7 Å². The maximum atomic E-state index is 5.41. The highest BCUT2D eigenvalue weighted by atomic mass is 15.3. The van der Waals surface area contributed by atoms with Gasteiger partial charge in [0, 0.05) is 11.3 Å². The van der Waals surface area contributed by atoms with Crippen LogP contribution in [0.2, 0.25) is 0 Å². The summed E-state index contributed by atoms with van der Waals surface area (Å²) in [6.07, 6.45) is 37.9. The fourth-order valence-corrected chi connectivity index (χ4v) is 9.01. The van der Waals surface area contributed by atoms with Crippen molar-refractivity contribution in [1.82, 2.24) is 10.6 Å². The van der Waals surface area contributed by atoms with E-state index in [0.29, 0.717) is 17.8 Å². The lowest BCUT2D eigenvalue weighted by atomic mass is 9.67. The number of rotatable bonds is 5. The molecule has 0 amide bonds. The van der Waals surface area contributed by atoms with Crippen molar-refractivity contribution in [2.45, 2.75) is 77.5 Å². The van der Waals surface area contributed by atoms with Crippen LogP contribution in [-0.2, 0) is 0 Å². The van der Waals surface area contributed by atoms with Crippen LogP contribution >= 0.6 is 0 Å². The maximum Gasteiger partial charge on any atom is 0.125 e. The monoisotopic (exact) mass is 593 g/mol. The molecule has 1 aromatic carbocycles. The molecule has 3 heteroatoms. The molecule has 1 heterocycles. The number of nitrogens with one attached hydrogen (secondary N) is 2. The van der Waals surface area contributed by atoms with Crippen molar-refractivity contribution in [2.24, 2.45) is 34.1 Å². The largest absolute Gasteiger partial charge is 0.354 e. The number of hydrogen-bond acceptors (Lipinski definition) is 3. The molecule has 0 fully saturated rings. The van der Waals surface area contributed by atoms with Gasteiger partial charge >= 0.3 is 0 Å². The van der Waals surface area contributed by atoms with Crippen LogP contribution in [0.1, 0.15) is 76.9 Å². The third kappa shape index (κ3) is 5.33. The van der Waals surface area contributed by atoms with Crippen LogP contribution in [0.15, 0.2) is 142 Å². The van der Waals surface area contributed by atoms with Gasteiger partial charge in [0.05, 0.1) is 0 Å². The fourth-order valence-electron chi connectivity index (χ4n) is 9.01. The standard InChI is InChI=1S/C42H47N3/c1-42(2)37-21-13-12-20-34(37)35-25-22-31(27-38(35)42)36-26-32(23-24-33(36)28-14-6-3-7-15-28)41-44-39(29-16-8-4-9-17-29)43-40(45-41)30-18-10-5-11-19-30/h3-6,8-12,16-18,20,23-25,27-28,30-31,36,39,41,44H,7,13-15,19,21-22,26H2,1-2H3,(H,43,45). The van der Waals surface area contributed by atoms with Crippen molar-refractivity contribution in [3.05, 3.63) is 142 Å². The molecule has 45 heavy (non-hydrogen) atoms. The minimum atomic E-state index is -0.0401. The van der Waals surface area contributed by atoms with E-state index in [1.807, 2.05) is 0 Å². The van der Waals surface area contributed by atoms with Gasteiger partial charge in [-0.05, 0) is 97.0 Å². The average Bonchev–Trinajstić information content (AvgIpc) is 3.34. The van der Waals surface area contributed by atoms with Gasteiger partial charge in [0.1, 0.15) is 18.2 Å². The van der Waals surface area contributed by atoms with E-state index in [0.717, 1.165) is 25.1 Å². The van der Waals surface area contributed by atoms with E-state index in [1.165, 1.54) is 54.4 Å². The third-order valence-electron chi connectivity index (χ3n) is 11.5. The second-order valence-electron chi connectivity index (χ2n) is 14.5. The zero-order valence-corrected chi connectivity index (χ0v) is 26.9. The first-order valence-electron chi connectivity index (χ1n) is 17.4. The summed E-state index contributed by atoms with van der Waals surface area (Å²) in [6, 6.07) is 10.8. The van der Waals surface area contributed by atoms with Crippen molar-refractivity contribution in [3.8, 4) is 0 Å². The lowest BCUT2D eigenvalue weighted by Crippen LogP contribution is -2.51. The van der Waals surface area contributed by atoms with Gasteiger partial charge in [-0.1, -0.05) is 128 Å². The molecule has 6 unspecified atom stereocenters. The Bertz CT molecular complexity index is 1650. The molecule has 1 aliphatic heterocycles. The quantitative estimate of drug-likeness (QED) is 0.334. The number of allylic oxidation sites excluding steroid dienone is 16. The summed E-state index contributed by atoms with van der Waals surface area (Å²) in [4.78, 5) is 5.41. The summed E-state index contributed by atoms with van der Waals surface area (Å²) >= 11 is 0. The molecule has 1 aromatic rings. The molecule has 0 saturated carbocycles. The minimum Gasteiger partial charge on any atom is -0.354 e. The van der Waals surface area contributed by atoms with E-state index in [2.05, 4.69) is 128 Å². The zero-order valence-electron chi connectivity index (χ0n) is 26.9. The van der Waals surface area contributed by atoms with Crippen LogP contribution in [0.25, 0.3) is 0 Å². The number of benzene rings is 1. The van der Waals surface area contributed by atoms with Crippen molar-refractivity contribution in [2.75, 3.05) is 0 Å². The molecule has 6 aliphatic carbocycles. The second kappa shape index (κ2) is 11.9. The predicted octanol–water partition coefficient (Wildman–Crippen LogP) is 9.52. The van der Waals surface area contributed by atoms with Gasteiger partial charge in [0.15, 0.2) is 0 Å². The van der Waals surface area contributed by atoms with Gasteiger partial charge in [-0.3, -0.25) is 5.32 Å². The van der Waals surface area contributed by atoms with E-state index < -0.39 is 0 Å². The molecule has 0 saturated heterocycles. The smallest absolute Gasteiger partial charge is 0.125 e. The number of aliphatic imine (C=N–C) groups is 1. The normalized spacial score (nSPS) is 33.3. The zero-order chi connectivity index (χ0) is 30.4. The summed E-state index contributed by atoms with van der Waals surface area (Å²) in [5.74, 6) is 3.04. The average molecular weight is 594 g/mol. The Labute approximate surface area is 269 Å². The predicted molar refractivity (Wildman–Crippen MR) is 187 cm³/mol. The first-order chi connectivity index (χ1) is 22.1. The van der Waals surface area contributed by atoms with Crippen molar-refractivity contribution in [1.29, 1.82) is 0 Å². The van der Waals surface area contributed by atoms with E-state index >= 15 is 0 Å². The SMILES string of the molecule is CC1(C)C2=CC(C3CC(C4N=C(C5C=CC=CC5)NC(c5ccccc5)N4)=CC=C3C3CC=CCC3)CC=C2C2=C1CCC=C2. The number of hydrogen-bond donors (Lipinski definition) is 2. The molecule has 0 aromatic heterocycles. The molecule has 6 atom stereocenters. The molecular formula is C42H47N3. The highest BCUT2D eigenvalue weighted by molar-refractivity contribution is 5.88. The van der Waals surface area contributed by atoms with Gasteiger partial charge in [0.25, 0.3) is 0 Å². The van der Waals surface area contributed by atoms with Crippen molar-refractivity contribution in [3.63, 3.8) is 0 Å². The molecule has 8 rings (SSSR count). The Kier molecular flexibility index (Phi) is 7.61. The first-order valence-corrected chi connectivity index (χ1v) is 17.4. The van der Waals surface area contributed by atoms with Gasteiger partial charge < -0.3 is 5.32 Å². The number of amidine groups is 1. The fraction of sp³-hybridized carbons (Fsp3) is 0.405. The van der Waals surface area contributed by atoms with Gasteiger partial charge in [-0.25, -0.2) is 4.99 Å². The molecule has 0 spiro atoms. The summed E-state index contributed by atoms with van der Waals surface area (Å²) in [6.45, 7) is 4.94. The maximum absolute atomic E-state index is 5.41. The minimum absolute atomic E-state index is 0.0308. The molecule has 2 N–H and O–H groups in total. The summed E-state index contributed by atoms with van der Waals surface area (Å²) in [7, 11) is 0. The Morgan fingerprint density at radius 1 is 0.911 bits per heavy atom. The highest BCUT2D eigenvalue weighted by Gasteiger charge is 2.43. The topological polar surface area (TPSA) is 36.4 Å². The second-order valence-corrected chi connectivity index (χ2v) is 14.5. The molecular weight excluding hydrogens is 546 g/mol. The third-order valence-corrected chi connectivity index (χ3v) is 11.5. The van der Waals surface area contributed by atoms with E-state index in [-0.39, 0.29) is 23.7 Å². The first kappa shape index (κ1) is 28.8. The van der Waals surface area contributed by atoms with Crippen LogP contribution in [0.3, 0.4) is 0 Å². The Hall–Kier alpha value is -3.69. The van der Waals surface area contributed by atoms with Gasteiger partial charge in [-0.2, -0.15) is 0 Å².